The molecule has 3 rings (SSSR count). The highest BCUT2D eigenvalue weighted by Crippen LogP contribution is 2.32. The summed E-state index contributed by atoms with van der Waals surface area (Å²) in [4.78, 5) is 13.1. The van der Waals surface area contributed by atoms with Crippen LogP contribution >= 0.6 is 27.3 Å². The Morgan fingerprint density at radius 1 is 1.22 bits per heavy atom. The molecule has 0 bridgehead atoms. The van der Waals surface area contributed by atoms with Crippen LogP contribution in [0.5, 0.6) is 0 Å². The first-order valence-electron chi connectivity index (χ1n) is 6.94. The number of aliphatic hydroxyl groups is 1. The van der Waals surface area contributed by atoms with Crippen LogP contribution in [0.15, 0.2) is 69.1 Å². The van der Waals surface area contributed by atoms with E-state index in [9.17, 15) is 9.90 Å². The molecule has 1 atom stereocenters. The minimum atomic E-state index is -1.39. The van der Waals surface area contributed by atoms with Crippen molar-refractivity contribution in [2.24, 2.45) is 0 Å². The van der Waals surface area contributed by atoms with Gasteiger partial charge in [0, 0.05) is 9.35 Å². The summed E-state index contributed by atoms with van der Waals surface area (Å²) in [5.74, 6) is 0.131. The van der Waals surface area contributed by atoms with Gasteiger partial charge in [-0.3, -0.25) is 4.79 Å². The number of hydrogen-bond donors (Lipinski definition) is 2. The first kappa shape index (κ1) is 16.0. The van der Waals surface area contributed by atoms with E-state index in [1.54, 1.807) is 30.3 Å². The van der Waals surface area contributed by atoms with Gasteiger partial charge >= 0.3 is 0 Å². The molecule has 1 aromatic carbocycles. The van der Waals surface area contributed by atoms with Crippen LogP contribution in [0, 0.1) is 0 Å². The van der Waals surface area contributed by atoms with Crippen molar-refractivity contribution in [3.63, 3.8) is 0 Å². The van der Waals surface area contributed by atoms with E-state index >= 15 is 0 Å². The molecule has 3 aromatic rings. The molecule has 6 heteroatoms. The standard InChI is InChI=1S/C17H14BrNO3S/c18-13-6-2-1-5-12(13)16(20)19-11-17(21,14-7-3-9-22-14)15-8-4-10-23-15/h1-10,21H,11H2,(H,19,20)/t17-/m0/s1. The molecule has 0 spiro atoms. The second kappa shape index (κ2) is 6.70. The summed E-state index contributed by atoms with van der Waals surface area (Å²) in [5, 5.41) is 15.7. The summed E-state index contributed by atoms with van der Waals surface area (Å²) in [6.45, 7) is 0.0151. The lowest BCUT2D eigenvalue weighted by Crippen LogP contribution is -2.41. The van der Waals surface area contributed by atoms with Gasteiger partial charge in [-0.15, -0.1) is 11.3 Å². The van der Waals surface area contributed by atoms with Gasteiger partial charge in [-0.25, -0.2) is 0 Å². The van der Waals surface area contributed by atoms with E-state index in [4.69, 9.17) is 4.42 Å². The van der Waals surface area contributed by atoms with E-state index in [1.807, 2.05) is 23.6 Å². The number of furan rings is 1. The maximum Gasteiger partial charge on any atom is 0.252 e. The number of halogens is 1. The Morgan fingerprint density at radius 3 is 2.70 bits per heavy atom. The molecule has 4 nitrogen and oxygen atoms in total. The summed E-state index contributed by atoms with van der Waals surface area (Å²) in [5.41, 5.74) is -0.880. The summed E-state index contributed by atoms with van der Waals surface area (Å²) < 4.78 is 6.08. The van der Waals surface area contributed by atoms with E-state index < -0.39 is 5.60 Å². The van der Waals surface area contributed by atoms with E-state index in [0.717, 1.165) is 0 Å². The summed E-state index contributed by atoms with van der Waals surface area (Å²) in [6, 6.07) is 14.2. The quantitative estimate of drug-likeness (QED) is 0.695. The average Bonchev–Trinajstić information content (AvgIpc) is 3.25. The van der Waals surface area contributed by atoms with Gasteiger partial charge in [0.15, 0.2) is 5.60 Å². The van der Waals surface area contributed by atoms with Crippen molar-refractivity contribution in [2.45, 2.75) is 5.60 Å². The van der Waals surface area contributed by atoms with E-state index in [2.05, 4.69) is 21.2 Å². The van der Waals surface area contributed by atoms with Crippen LogP contribution in [0.1, 0.15) is 21.0 Å². The Morgan fingerprint density at radius 2 is 2.04 bits per heavy atom. The van der Waals surface area contributed by atoms with Crippen molar-refractivity contribution in [1.29, 1.82) is 0 Å². The van der Waals surface area contributed by atoms with E-state index in [-0.39, 0.29) is 12.5 Å². The molecule has 0 unspecified atom stereocenters. The first-order chi connectivity index (χ1) is 11.1. The molecule has 1 amide bonds. The minimum absolute atomic E-state index is 0.0151. The third kappa shape index (κ3) is 3.24. The van der Waals surface area contributed by atoms with Crippen molar-refractivity contribution in [3.8, 4) is 0 Å². The van der Waals surface area contributed by atoms with Crippen molar-refractivity contribution >= 4 is 33.2 Å². The Labute approximate surface area is 145 Å². The van der Waals surface area contributed by atoms with Gasteiger partial charge in [0.1, 0.15) is 5.76 Å². The summed E-state index contributed by atoms with van der Waals surface area (Å²) >= 11 is 4.76. The zero-order valence-electron chi connectivity index (χ0n) is 12.0. The smallest absolute Gasteiger partial charge is 0.252 e. The second-order valence-electron chi connectivity index (χ2n) is 4.98. The lowest BCUT2D eigenvalue weighted by Gasteiger charge is -2.25. The lowest BCUT2D eigenvalue weighted by molar-refractivity contribution is 0.0554. The Kier molecular flexibility index (Phi) is 4.66. The molecular formula is C17H14BrNO3S. The monoisotopic (exact) mass is 391 g/mol. The summed E-state index contributed by atoms with van der Waals surface area (Å²) in [6.07, 6.45) is 1.50. The average molecular weight is 392 g/mol. The largest absolute Gasteiger partial charge is 0.466 e. The van der Waals surface area contributed by atoms with Crippen LogP contribution < -0.4 is 5.32 Å². The van der Waals surface area contributed by atoms with Gasteiger partial charge in [0.05, 0.1) is 18.4 Å². The fourth-order valence-corrected chi connectivity index (χ4v) is 3.57. The number of carbonyl (C=O) groups is 1. The van der Waals surface area contributed by atoms with Gasteiger partial charge in [-0.2, -0.15) is 0 Å². The molecule has 2 heterocycles. The molecule has 0 aliphatic rings. The highest BCUT2D eigenvalue weighted by atomic mass is 79.9. The second-order valence-corrected chi connectivity index (χ2v) is 6.78. The minimum Gasteiger partial charge on any atom is -0.466 e. The van der Waals surface area contributed by atoms with Crippen LogP contribution in [-0.2, 0) is 5.60 Å². The normalized spacial score (nSPS) is 13.5. The zero-order chi connectivity index (χ0) is 16.3. The molecule has 0 aliphatic heterocycles. The molecule has 0 fully saturated rings. The van der Waals surface area contributed by atoms with Crippen LogP contribution in [0.2, 0.25) is 0 Å². The first-order valence-corrected chi connectivity index (χ1v) is 8.61. The van der Waals surface area contributed by atoms with Crippen LogP contribution in [0.4, 0.5) is 0 Å². The highest BCUT2D eigenvalue weighted by molar-refractivity contribution is 9.10. The number of rotatable bonds is 5. The lowest BCUT2D eigenvalue weighted by atomic mass is 9.98. The van der Waals surface area contributed by atoms with Crippen LogP contribution in [0.3, 0.4) is 0 Å². The number of thiophene rings is 1. The van der Waals surface area contributed by atoms with Crippen molar-refractivity contribution in [1.82, 2.24) is 5.32 Å². The molecule has 0 radical (unpaired) electrons. The molecule has 118 valence electrons. The van der Waals surface area contributed by atoms with Gasteiger partial charge < -0.3 is 14.8 Å². The fourth-order valence-electron chi connectivity index (χ4n) is 2.27. The number of carbonyl (C=O) groups excluding carboxylic acids is 1. The third-order valence-electron chi connectivity index (χ3n) is 3.48. The number of amides is 1. The third-order valence-corrected chi connectivity index (χ3v) is 5.19. The van der Waals surface area contributed by atoms with Gasteiger partial charge in [-0.05, 0) is 51.6 Å². The number of nitrogens with one attached hydrogen (secondary N) is 1. The van der Waals surface area contributed by atoms with Crippen molar-refractivity contribution in [2.75, 3.05) is 6.54 Å². The van der Waals surface area contributed by atoms with Crippen LogP contribution in [-0.4, -0.2) is 17.6 Å². The molecule has 23 heavy (non-hydrogen) atoms. The maximum atomic E-state index is 12.4. The maximum absolute atomic E-state index is 12.4. The number of hydrogen-bond acceptors (Lipinski definition) is 4. The molecule has 2 aromatic heterocycles. The van der Waals surface area contributed by atoms with Crippen molar-refractivity contribution in [3.05, 3.63) is 80.8 Å². The summed E-state index contributed by atoms with van der Waals surface area (Å²) in [7, 11) is 0. The van der Waals surface area contributed by atoms with Gasteiger partial charge in [0.2, 0.25) is 0 Å². The topological polar surface area (TPSA) is 62.5 Å². The predicted molar refractivity (Wildman–Crippen MR) is 92.5 cm³/mol. The van der Waals surface area contributed by atoms with E-state index in [1.165, 1.54) is 17.6 Å². The molecule has 0 aliphatic carbocycles. The van der Waals surface area contributed by atoms with E-state index in [0.29, 0.717) is 20.7 Å². The zero-order valence-corrected chi connectivity index (χ0v) is 14.4. The number of benzene rings is 1. The van der Waals surface area contributed by atoms with Gasteiger partial charge in [0.25, 0.3) is 5.91 Å². The molecule has 2 N–H and O–H groups in total. The Balaban J connectivity index is 1.84. The molecule has 0 saturated heterocycles. The fraction of sp³-hybridized carbons (Fsp3) is 0.118. The molecular weight excluding hydrogens is 378 g/mol. The predicted octanol–water partition coefficient (Wildman–Crippen LogP) is 3.77. The molecule has 0 saturated carbocycles. The van der Waals surface area contributed by atoms with Crippen molar-refractivity contribution < 1.29 is 14.3 Å². The Bertz CT molecular complexity index is 750. The van der Waals surface area contributed by atoms with Crippen LogP contribution in [0.25, 0.3) is 0 Å². The SMILES string of the molecule is O=C(NC[C@](O)(c1ccco1)c1cccs1)c1ccccc1Br. The Hall–Kier alpha value is -1.89. The van der Waals surface area contributed by atoms with Gasteiger partial charge in [-0.1, -0.05) is 18.2 Å². The highest BCUT2D eigenvalue weighted by Gasteiger charge is 2.36.